The molecule has 0 aliphatic carbocycles. The predicted octanol–water partition coefficient (Wildman–Crippen LogP) is -0.232. The molecule has 1 saturated heterocycles. The van der Waals surface area contributed by atoms with Crippen LogP contribution in [0.3, 0.4) is 0 Å². The summed E-state index contributed by atoms with van der Waals surface area (Å²) in [6, 6.07) is -0.230. The molecule has 0 bridgehead atoms. The monoisotopic (exact) mass is 273 g/mol. The number of H-pyrrole nitrogens is 1. The third-order valence-corrected chi connectivity index (χ3v) is 4.64. The van der Waals surface area contributed by atoms with Gasteiger partial charge in [0, 0.05) is 6.04 Å². The third-order valence-electron chi connectivity index (χ3n) is 2.82. The number of rotatable bonds is 3. The second-order valence-electron chi connectivity index (χ2n) is 4.21. The molecule has 0 spiro atoms. The molecule has 1 aliphatic heterocycles. The summed E-state index contributed by atoms with van der Waals surface area (Å²) in [5, 5.41) is 2.96. The Morgan fingerprint density at radius 1 is 1.56 bits per heavy atom. The van der Waals surface area contributed by atoms with Crippen LogP contribution in [0.15, 0.2) is 11.1 Å². The van der Waals surface area contributed by atoms with Crippen LogP contribution in [0.2, 0.25) is 0 Å². The largest absolute Gasteiger partial charge is 0.489 e. The molecule has 1 aliphatic rings. The molecule has 7 nitrogen and oxygen atoms in total. The van der Waals surface area contributed by atoms with Gasteiger partial charge >= 0.3 is 0 Å². The highest BCUT2D eigenvalue weighted by Crippen LogP contribution is 2.20. The Hall–Kier alpha value is -1.57. The molecule has 0 radical (unpaired) electrons. The van der Waals surface area contributed by atoms with E-state index in [4.69, 9.17) is 4.74 Å². The van der Waals surface area contributed by atoms with Crippen LogP contribution in [0.5, 0.6) is 5.75 Å². The van der Waals surface area contributed by atoms with Gasteiger partial charge in [-0.15, -0.1) is 0 Å². The van der Waals surface area contributed by atoms with E-state index in [9.17, 15) is 13.2 Å². The van der Waals surface area contributed by atoms with Crippen molar-refractivity contribution >= 4 is 15.7 Å². The lowest BCUT2D eigenvalue weighted by atomic mass is 10.2. The van der Waals surface area contributed by atoms with Crippen molar-refractivity contribution in [1.29, 1.82) is 0 Å². The van der Waals surface area contributed by atoms with Crippen molar-refractivity contribution in [2.75, 3.05) is 23.9 Å². The lowest BCUT2D eigenvalue weighted by Gasteiger charge is -2.23. The van der Waals surface area contributed by atoms with E-state index >= 15 is 0 Å². The molecular formula is C10H15N3O4S. The minimum absolute atomic E-state index is 0.0602. The van der Waals surface area contributed by atoms with Gasteiger partial charge in [0.2, 0.25) is 5.75 Å². The number of ether oxygens (including phenoxy) is 1. The first-order chi connectivity index (χ1) is 8.52. The molecule has 18 heavy (non-hydrogen) atoms. The smallest absolute Gasteiger partial charge is 0.295 e. The molecule has 8 heteroatoms. The van der Waals surface area contributed by atoms with E-state index in [-0.39, 0.29) is 29.1 Å². The Balaban J connectivity index is 2.19. The first-order valence-electron chi connectivity index (χ1n) is 5.60. The number of hydrogen-bond acceptors (Lipinski definition) is 6. The quantitative estimate of drug-likeness (QED) is 0.788. The van der Waals surface area contributed by atoms with E-state index in [1.54, 1.807) is 0 Å². The van der Waals surface area contributed by atoms with Gasteiger partial charge < -0.3 is 15.0 Å². The van der Waals surface area contributed by atoms with E-state index in [1.807, 2.05) is 0 Å². The van der Waals surface area contributed by atoms with Crippen LogP contribution < -0.4 is 15.6 Å². The fourth-order valence-electron chi connectivity index (χ4n) is 2.01. The zero-order chi connectivity index (χ0) is 13.2. The normalized spacial score (nSPS) is 22.4. The SMILES string of the molecule is COc1c(NC2CCCS(=O)(=O)C2)nc[nH]c1=O. The van der Waals surface area contributed by atoms with Gasteiger partial charge in [-0.2, -0.15) is 0 Å². The average Bonchev–Trinajstić information content (AvgIpc) is 2.28. The first kappa shape index (κ1) is 12.9. The maximum absolute atomic E-state index is 11.5. The van der Waals surface area contributed by atoms with E-state index in [0.717, 1.165) is 6.42 Å². The van der Waals surface area contributed by atoms with Crippen molar-refractivity contribution < 1.29 is 13.2 Å². The molecule has 100 valence electrons. The number of nitrogens with one attached hydrogen (secondary N) is 2. The molecule has 0 saturated carbocycles. The predicted molar refractivity (Wildman–Crippen MR) is 66.7 cm³/mol. The number of aromatic amines is 1. The molecule has 1 aromatic heterocycles. The number of sulfone groups is 1. The van der Waals surface area contributed by atoms with Gasteiger partial charge in [0.05, 0.1) is 24.9 Å². The summed E-state index contributed by atoms with van der Waals surface area (Å²) in [6.07, 6.45) is 2.60. The molecular weight excluding hydrogens is 258 g/mol. The van der Waals surface area contributed by atoms with Crippen molar-refractivity contribution in [3.63, 3.8) is 0 Å². The average molecular weight is 273 g/mol. The zero-order valence-corrected chi connectivity index (χ0v) is 10.8. The Morgan fingerprint density at radius 3 is 3.00 bits per heavy atom. The standard InChI is InChI=1S/C10H15N3O4S/c1-17-8-9(11-6-12-10(8)14)13-7-3-2-4-18(15,16)5-7/h6-7H,2-5H2,1H3,(H2,11,12,13,14). The van der Waals surface area contributed by atoms with Gasteiger partial charge in [-0.05, 0) is 12.8 Å². The highest BCUT2D eigenvalue weighted by Gasteiger charge is 2.25. The molecule has 1 atom stereocenters. The lowest BCUT2D eigenvalue weighted by molar-refractivity contribution is 0.407. The summed E-state index contributed by atoms with van der Waals surface area (Å²) in [6.45, 7) is 0. The molecule has 2 N–H and O–H groups in total. The molecule has 1 unspecified atom stereocenters. The number of methoxy groups -OCH3 is 1. The Bertz CT molecular complexity index is 581. The highest BCUT2D eigenvalue weighted by molar-refractivity contribution is 7.91. The summed E-state index contributed by atoms with van der Waals surface area (Å²) in [4.78, 5) is 17.8. The molecule has 2 heterocycles. The second kappa shape index (κ2) is 4.97. The Labute approximate surface area is 105 Å². The Morgan fingerprint density at radius 2 is 2.33 bits per heavy atom. The summed E-state index contributed by atoms with van der Waals surface area (Å²) < 4.78 is 28.0. The van der Waals surface area contributed by atoms with E-state index in [2.05, 4.69) is 15.3 Å². The number of anilines is 1. The summed E-state index contributed by atoms with van der Waals surface area (Å²) in [5.41, 5.74) is -0.395. The zero-order valence-electron chi connectivity index (χ0n) is 9.97. The van der Waals surface area contributed by atoms with Crippen molar-refractivity contribution in [2.45, 2.75) is 18.9 Å². The fourth-order valence-corrected chi connectivity index (χ4v) is 3.65. The van der Waals surface area contributed by atoms with E-state index in [1.165, 1.54) is 13.4 Å². The highest BCUT2D eigenvalue weighted by atomic mass is 32.2. The molecule has 0 aromatic carbocycles. The number of nitrogens with zero attached hydrogens (tertiary/aromatic N) is 1. The minimum atomic E-state index is -3.00. The van der Waals surface area contributed by atoms with Gasteiger partial charge in [-0.1, -0.05) is 0 Å². The maximum Gasteiger partial charge on any atom is 0.295 e. The third kappa shape index (κ3) is 2.81. The van der Waals surface area contributed by atoms with Gasteiger partial charge in [0.25, 0.3) is 5.56 Å². The number of hydrogen-bond donors (Lipinski definition) is 2. The molecule has 1 fully saturated rings. The van der Waals surface area contributed by atoms with Gasteiger partial charge in [0.1, 0.15) is 0 Å². The van der Waals surface area contributed by atoms with Gasteiger partial charge in [0.15, 0.2) is 15.7 Å². The van der Waals surface area contributed by atoms with Gasteiger partial charge in [-0.3, -0.25) is 4.79 Å². The maximum atomic E-state index is 11.5. The summed E-state index contributed by atoms with van der Waals surface area (Å²) >= 11 is 0. The first-order valence-corrected chi connectivity index (χ1v) is 7.42. The minimum Gasteiger partial charge on any atom is -0.489 e. The number of aromatic nitrogens is 2. The Kier molecular flexibility index (Phi) is 3.55. The van der Waals surface area contributed by atoms with Crippen LogP contribution in [0.1, 0.15) is 12.8 Å². The second-order valence-corrected chi connectivity index (χ2v) is 6.44. The van der Waals surface area contributed by atoms with Crippen LogP contribution in [0.25, 0.3) is 0 Å². The summed E-state index contributed by atoms with van der Waals surface area (Å²) in [7, 11) is -1.63. The van der Waals surface area contributed by atoms with Crippen LogP contribution in [-0.2, 0) is 9.84 Å². The van der Waals surface area contributed by atoms with E-state index in [0.29, 0.717) is 6.42 Å². The van der Waals surface area contributed by atoms with Crippen LogP contribution in [0.4, 0.5) is 5.82 Å². The van der Waals surface area contributed by atoms with E-state index < -0.39 is 15.4 Å². The van der Waals surface area contributed by atoms with Crippen molar-refractivity contribution in [2.24, 2.45) is 0 Å². The molecule has 1 aromatic rings. The summed E-state index contributed by atoms with van der Waals surface area (Å²) in [5.74, 6) is 0.638. The molecule has 0 amide bonds. The van der Waals surface area contributed by atoms with Crippen molar-refractivity contribution in [3.05, 3.63) is 16.7 Å². The topological polar surface area (TPSA) is 101 Å². The van der Waals surface area contributed by atoms with Crippen molar-refractivity contribution in [3.8, 4) is 5.75 Å². The van der Waals surface area contributed by atoms with Crippen LogP contribution >= 0.6 is 0 Å². The van der Waals surface area contributed by atoms with Crippen LogP contribution in [0, 0.1) is 0 Å². The molecule has 2 rings (SSSR count). The lowest BCUT2D eigenvalue weighted by Crippen LogP contribution is -2.35. The van der Waals surface area contributed by atoms with Gasteiger partial charge in [-0.25, -0.2) is 13.4 Å². The van der Waals surface area contributed by atoms with Crippen molar-refractivity contribution in [1.82, 2.24) is 9.97 Å². The fraction of sp³-hybridized carbons (Fsp3) is 0.600. The van der Waals surface area contributed by atoms with Crippen LogP contribution in [-0.4, -0.2) is 43.0 Å².